The molecule has 1 aromatic carbocycles. The van der Waals surface area contributed by atoms with Gasteiger partial charge in [-0.2, -0.15) is 0 Å². The Kier molecular flexibility index (Phi) is 6.73. The van der Waals surface area contributed by atoms with Crippen molar-refractivity contribution in [3.8, 4) is 0 Å². The lowest BCUT2D eigenvalue weighted by Crippen LogP contribution is -2.31. The van der Waals surface area contributed by atoms with Gasteiger partial charge in [0.15, 0.2) is 0 Å². The van der Waals surface area contributed by atoms with Crippen LogP contribution in [0.15, 0.2) is 30.3 Å². The van der Waals surface area contributed by atoms with Crippen LogP contribution < -0.4 is 5.32 Å². The van der Waals surface area contributed by atoms with Crippen LogP contribution in [0, 0.1) is 0 Å². The number of methoxy groups -OCH3 is 1. The zero-order valence-electron chi connectivity index (χ0n) is 12.3. The quantitative estimate of drug-likeness (QED) is 0.597. The average Bonchev–Trinajstić information content (AvgIpc) is 2.47. The van der Waals surface area contributed by atoms with E-state index in [1.807, 2.05) is 30.3 Å². The summed E-state index contributed by atoms with van der Waals surface area (Å²) in [7, 11) is 4.83. The van der Waals surface area contributed by atoms with Crippen molar-refractivity contribution in [2.24, 2.45) is 0 Å². The molecule has 5 heteroatoms. The Labute approximate surface area is 119 Å². The van der Waals surface area contributed by atoms with Crippen molar-refractivity contribution in [1.82, 2.24) is 10.2 Å². The zero-order valence-corrected chi connectivity index (χ0v) is 12.3. The normalized spacial score (nSPS) is 11.8. The first-order chi connectivity index (χ1) is 9.56. The standard InChI is InChI=1S/C15H22N2O3/c1-17(2)14(18)9-10-16-11-13(15(19)20-3)12-7-5-4-6-8-12/h4-8,13,16H,9-11H2,1-3H3. The van der Waals surface area contributed by atoms with E-state index in [4.69, 9.17) is 4.74 Å². The molecule has 1 amide bonds. The number of ether oxygens (including phenoxy) is 1. The minimum absolute atomic E-state index is 0.0619. The van der Waals surface area contributed by atoms with E-state index in [-0.39, 0.29) is 17.8 Å². The van der Waals surface area contributed by atoms with Crippen LogP contribution in [0.3, 0.4) is 0 Å². The van der Waals surface area contributed by atoms with Crippen molar-refractivity contribution in [3.05, 3.63) is 35.9 Å². The molecule has 110 valence electrons. The Balaban J connectivity index is 2.51. The summed E-state index contributed by atoms with van der Waals surface area (Å²) in [4.78, 5) is 24.8. The molecule has 1 unspecified atom stereocenters. The molecule has 0 aliphatic heterocycles. The van der Waals surface area contributed by atoms with E-state index in [0.29, 0.717) is 19.5 Å². The molecule has 0 radical (unpaired) electrons. The molecule has 0 aliphatic carbocycles. The van der Waals surface area contributed by atoms with Gasteiger partial charge in [0.1, 0.15) is 0 Å². The maximum absolute atomic E-state index is 11.8. The second kappa shape index (κ2) is 8.32. The maximum Gasteiger partial charge on any atom is 0.314 e. The Morgan fingerprint density at radius 2 is 1.90 bits per heavy atom. The minimum atomic E-state index is -0.351. The molecule has 0 spiro atoms. The number of nitrogens with zero attached hydrogens (tertiary/aromatic N) is 1. The highest BCUT2D eigenvalue weighted by atomic mass is 16.5. The van der Waals surface area contributed by atoms with Gasteiger partial charge in [0, 0.05) is 33.6 Å². The summed E-state index contributed by atoms with van der Waals surface area (Å²) >= 11 is 0. The molecule has 0 saturated carbocycles. The first-order valence-corrected chi connectivity index (χ1v) is 6.60. The molecule has 20 heavy (non-hydrogen) atoms. The summed E-state index contributed by atoms with van der Waals surface area (Å²) in [6.07, 6.45) is 0.412. The number of amides is 1. The molecule has 1 rings (SSSR count). The average molecular weight is 278 g/mol. The molecule has 0 aliphatic rings. The van der Waals surface area contributed by atoms with Crippen LogP contribution in [0.1, 0.15) is 17.9 Å². The molecular formula is C15H22N2O3. The van der Waals surface area contributed by atoms with Crippen LogP contribution in [-0.2, 0) is 14.3 Å². The van der Waals surface area contributed by atoms with Gasteiger partial charge in [0.25, 0.3) is 0 Å². The second-order valence-corrected chi connectivity index (χ2v) is 4.73. The molecule has 0 fully saturated rings. The topological polar surface area (TPSA) is 58.6 Å². The summed E-state index contributed by atoms with van der Waals surface area (Å²) in [6.45, 7) is 0.995. The Morgan fingerprint density at radius 1 is 1.25 bits per heavy atom. The van der Waals surface area contributed by atoms with E-state index in [1.54, 1.807) is 19.0 Å². The predicted octanol–water partition coefficient (Wildman–Crippen LogP) is 1.01. The van der Waals surface area contributed by atoms with Gasteiger partial charge >= 0.3 is 5.97 Å². The predicted molar refractivity (Wildman–Crippen MR) is 77.4 cm³/mol. The van der Waals surface area contributed by atoms with Gasteiger partial charge in [-0.15, -0.1) is 0 Å². The molecule has 0 bridgehead atoms. The number of hydrogen-bond donors (Lipinski definition) is 1. The van der Waals surface area contributed by atoms with Gasteiger partial charge in [-0.3, -0.25) is 9.59 Å². The molecular weight excluding hydrogens is 256 g/mol. The van der Waals surface area contributed by atoms with E-state index >= 15 is 0 Å². The summed E-state index contributed by atoms with van der Waals surface area (Å²) in [5.74, 6) is -0.565. The molecule has 1 aromatic rings. The number of carbonyl (C=O) groups is 2. The van der Waals surface area contributed by atoms with Crippen LogP contribution in [0.25, 0.3) is 0 Å². The lowest BCUT2D eigenvalue weighted by Gasteiger charge is -2.16. The molecule has 0 saturated heterocycles. The summed E-state index contributed by atoms with van der Waals surface area (Å²) in [6, 6.07) is 9.48. The lowest BCUT2D eigenvalue weighted by molar-refractivity contribution is -0.142. The van der Waals surface area contributed by atoms with Crippen molar-refractivity contribution in [1.29, 1.82) is 0 Å². The number of rotatable bonds is 7. The fourth-order valence-electron chi connectivity index (χ4n) is 1.83. The Morgan fingerprint density at radius 3 is 2.45 bits per heavy atom. The monoisotopic (exact) mass is 278 g/mol. The number of hydrogen-bond acceptors (Lipinski definition) is 4. The van der Waals surface area contributed by atoms with Gasteiger partial charge < -0.3 is 15.0 Å². The van der Waals surface area contributed by atoms with Crippen LogP contribution in [0.5, 0.6) is 0 Å². The van der Waals surface area contributed by atoms with E-state index in [0.717, 1.165) is 5.56 Å². The fraction of sp³-hybridized carbons (Fsp3) is 0.467. The van der Waals surface area contributed by atoms with Crippen LogP contribution >= 0.6 is 0 Å². The van der Waals surface area contributed by atoms with Gasteiger partial charge in [0.2, 0.25) is 5.91 Å². The van der Waals surface area contributed by atoms with Crippen LogP contribution in [0.4, 0.5) is 0 Å². The molecule has 0 aromatic heterocycles. The van der Waals surface area contributed by atoms with Gasteiger partial charge in [0.05, 0.1) is 13.0 Å². The zero-order chi connectivity index (χ0) is 15.0. The summed E-state index contributed by atoms with van der Waals surface area (Å²) in [5, 5.41) is 3.14. The highest BCUT2D eigenvalue weighted by molar-refractivity contribution is 5.78. The smallest absolute Gasteiger partial charge is 0.314 e. The third-order valence-electron chi connectivity index (χ3n) is 3.05. The van der Waals surface area contributed by atoms with Crippen molar-refractivity contribution in [2.45, 2.75) is 12.3 Å². The maximum atomic E-state index is 11.8. The van der Waals surface area contributed by atoms with Crippen molar-refractivity contribution in [2.75, 3.05) is 34.3 Å². The largest absolute Gasteiger partial charge is 0.469 e. The highest BCUT2D eigenvalue weighted by Gasteiger charge is 2.20. The molecule has 5 nitrogen and oxygen atoms in total. The Hall–Kier alpha value is -1.88. The third-order valence-corrected chi connectivity index (χ3v) is 3.05. The number of benzene rings is 1. The van der Waals surface area contributed by atoms with E-state index in [9.17, 15) is 9.59 Å². The summed E-state index contributed by atoms with van der Waals surface area (Å²) in [5.41, 5.74) is 0.908. The van der Waals surface area contributed by atoms with E-state index in [1.165, 1.54) is 7.11 Å². The Bertz CT molecular complexity index is 432. The van der Waals surface area contributed by atoms with Crippen molar-refractivity contribution < 1.29 is 14.3 Å². The minimum Gasteiger partial charge on any atom is -0.469 e. The molecule has 1 N–H and O–H groups in total. The van der Waals surface area contributed by atoms with E-state index in [2.05, 4.69) is 5.32 Å². The molecule has 1 atom stereocenters. The van der Waals surface area contributed by atoms with Gasteiger partial charge in [-0.1, -0.05) is 30.3 Å². The molecule has 0 heterocycles. The van der Waals surface area contributed by atoms with Gasteiger partial charge in [-0.25, -0.2) is 0 Å². The number of nitrogens with one attached hydrogen (secondary N) is 1. The third kappa shape index (κ3) is 5.01. The van der Waals surface area contributed by atoms with E-state index < -0.39 is 0 Å². The highest BCUT2D eigenvalue weighted by Crippen LogP contribution is 2.16. The SMILES string of the molecule is COC(=O)C(CNCCC(=O)N(C)C)c1ccccc1. The van der Waals surface area contributed by atoms with Crippen molar-refractivity contribution >= 4 is 11.9 Å². The number of carbonyl (C=O) groups excluding carboxylic acids is 2. The van der Waals surface area contributed by atoms with Crippen LogP contribution in [0.2, 0.25) is 0 Å². The number of esters is 1. The fourth-order valence-corrected chi connectivity index (χ4v) is 1.83. The van der Waals surface area contributed by atoms with Crippen molar-refractivity contribution in [3.63, 3.8) is 0 Å². The second-order valence-electron chi connectivity index (χ2n) is 4.73. The first kappa shape index (κ1) is 16.2. The summed E-state index contributed by atoms with van der Waals surface area (Å²) < 4.78 is 4.83. The first-order valence-electron chi connectivity index (χ1n) is 6.60. The lowest BCUT2D eigenvalue weighted by atomic mass is 9.99. The van der Waals surface area contributed by atoms with Gasteiger partial charge in [-0.05, 0) is 5.56 Å². The van der Waals surface area contributed by atoms with Crippen LogP contribution in [-0.4, -0.2) is 51.1 Å².